The summed E-state index contributed by atoms with van der Waals surface area (Å²) < 4.78 is 5.12. The van der Waals surface area contributed by atoms with Crippen molar-refractivity contribution in [2.24, 2.45) is 0 Å². The highest BCUT2D eigenvalue weighted by Crippen LogP contribution is 2.22. The van der Waals surface area contributed by atoms with Gasteiger partial charge in [-0.3, -0.25) is 20.4 Å². The molecule has 0 radical (unpaired) electrons. The fraction of sp³-hybridized carbons (Fsp3) is 0.125. The lowest BCUT2D eigenvalue weighted by molar-refractivity contribution is -0.119. The molecule has 0 fully saturated rings. The zero-order chi connectivity index (χ0) is 16.7. The first kappa shape index (κ1) is 17.2. The van der Waals surface area contributed by atoms with Gasteiger partial charge in [-0.25, -0.2) is 0 Å². The Balaban J connectivity index is 1.81. The molecule has 23 heavy (non-hydrogen) atoms. The van der Waals surface area contributed by atoms with Gasteiger partial charge in [0.15, 0.2) is 0 Å². The predicted molar refractivity (Wildman–Crippen MR) is 90.8 cm³/mol. The average Bonchev–Trinajstić information content (AvgIpc) is 2.58. The van der Waals surface area contributed by atoms with Crippen LogP contribution in [0, 0.1) is 0 Å². The lowest BCUT2D eigenvalue weighted by Gasteiger charge is -2.08. The highest BCUT2D eigenvalue weighted by molar-refractivity contribution is 8.00. The van der Waals surface area contributed by atoms with Gasteiger partial charge in [0.25, 0.3) is 5.91 Å². The number of amides is 2. The van der Waals surface area contributed by atoms with Crippen LogP contribution < -0.4 is 15.6 Å². The Morgan fingerprint density at radius 3 is 2.65 bits per heavy atom. The van der Waals surface area contributed by atoms with E-state index in [1.807, 2.05) is 24.3 Å². The number of nitrogens with one attached hydrogen (secondary N) is 2. The van der Waals surface area contributed by atoms with E-state index in [1.54, 1.807) is 31.4 Å². The number of hydrogen-bond acceptors (Lipinski definition) is 4. The van der Waals surface area contributed by atoms with Crippen molar-refractivity contribution in [3.05, 3.63) is 59.1 Å². The number of carbonyl (C=O) groups excluding carboxylic acids is 2. The first-order valence-electron chi connectivity index (χ1n) is 6.70. The van der Waals surface area contributed by atoms with E-state index in [4.69, 9.17) is 16.3 Å². The van der Waals surface area contributed by atoms with Gasteiger partial charge in [-0.05, 0) is 30.3 Å². The molecule has 0 spiro atoms. The second-order valence-electron chi connectivity index (χ2n) is 4.45. The van der Waals surface area contributed by atoms with Crippen LogP contribution in [0.2, 0.25) is 5.02 Å². The minimum Gasteiger partial charge on any atom is -0.497 e. The van der Waals surface area contributed by atoms with E-state index < -0.39 is 5.91 Å². The number of methoxy groups -OCH3 is 1. The second-order valence-corrected chi connectivity index (χ2v) is 5.91. The van der Waals surface area contributed by atoms with Crippen LogP contribution >= 0.6 is 23.4 Å². The maximum Gasteiger partial charge on any atom is 0.271 e. The quantitative estimate of drug-likeness (QED) is 0.642. The SMILES string of the molecule is COc1cccc(SCC(=O)NNC(=O)c2ccccc2Cl)c1. The van der Waals surface area contributed by atoms with E-state index in [1.165, 1.54) is 11.8 Å². The Morgan fingerprint density at radius 1 is 1.13 bits per heavy atom. The summed E-state index contributed by atoms with van der Waals surface area (Å²) in [5.74, 6) is 0.103. The number of halogens is 1. The minimum absolute atomic E-state index is 0.163. The van der Waals surface area contributed by atoms with Crippen LogP contribution in [0.25, 0.3) is 0 Å². The Morgan fingerprint density at radius 2 is 1.91 bits per heavy atom. The fourth-order valence-electron chi connectivity index (χ4n) is 1.72. The molecule has 2 N–H and O–H groups in total. The van der Waals surface area contributed by atoms with E-state index in [0.29, 0.717) is 10.6 Å². The molecule has 0 saturated heterocycles. The van der Waals surface area contributed by atoms with Crippen molar-refractivity contribution in [2.45, 2.75) is 4.90 Å². The monoisotopic (exact) mass is 350 g/mol. The van der Waals surface area contributed by atoms with Gasteiger partial charge in [0.2, 0.25) is 5.91 Å². The van der Waals surface area contributed by atoms with E-state index in [2.05, 4.69) is 10.9 Å². The predicted octanol–water partition coefficient (Wildman–Crippen LogP) is 2.90. The third-order valence-electron chi connectivity index (χ3n) is 2.85. The van der Waals surface area contributed by atoms with Crippen molar-refractivity contribution < 1.29 is 14.3 Å². The van der Waals surface area contributed by atoms with Crippen molar-refractivity contribution in [1.82, 2.24) is 10.9 Å². The first-order valence-corrected chi connectivity index (χ1v) is 8.07. The molecule has 0 aliphatic carbocycles. The van der Waals surface area contributed by atoms with Gasteiger partial charge in [0, 0.05) is 4.90 Å². The smallest absolute Gasteiger partial charge is 0.271 e. The van der Waals surface area contributed by atoms with Gasteiger partial charge < -0.3 is 4.74 Å². The number of ether oxygens (including phenoxy) is 1. The molecule has 7 heteroatoms. The molecule has 0 aromatic heterocycles. The van der Waals surface area contributed by atoms with Crippen molar-refractivity contribution in [1.29, 1.82) is 0 Å². The Labute approximate surface area is 143 Å². The van der Waals surface area contributed by atoms with Crippen molar-refractivity contribution in [3.8, 4) is 5.75 Å². The summed E-state index contributed by atoms with van der Waals surface area (Å²) >= 11 is 7.25. The van der Waals surface area contributed by atoms with Crippen LogP contribution in [-0.2, 0) is 4.79 Å². The largest absolute Gasteiger partial charge is 0.497 e. The van der Waals surface area contributed by atoms with Crippen LogP contribution in [0.15, 0.2) is 53.4 Å². The minimum atomic E-state index is -0.463. The summed E-state index contributed by atoms with van der Waals surface area (Å²) in [6.07, 6.45) is 0. The zero-order valence-corrected chi connectivity index (χ0v) is 13.9. The molecule has 5 nitrogen and oxygen atoms in total. The number of hydrazine groups is 1. The van der Waals surface area contributed by atoms with Gasteiger partial charge in [-0.1, -0.05) is 29.8 Å². The van der Waals surface area contributed by atoms with Gasteiger partial charge >= 0.3 is 0 Å². The zero-order valence-electron chi connectivity index (χ0n) is 12.3. The second kappa shape index (κ2) is 8.45. The molecule has 2 aromatic rings. The number of hydrogen-bond donors (Lipinski definition) is 2. The van der Waals surface area contributed by atoms with Crippen LogP contribution in [0.5, 0.6) is 5.75 Å². The molecule has 0 bridgehead atoms. The van der Waals surface area contributed by atoms with Gasteiger partial charge in [-0.15, -0.1) is 11.8 Å². The average molecular weight is 351 g/mol. The molecule has 0 heterocycles. The van der Waals surface area contributed by atoms with Gasteiger partial charge in [0.05, 0.1) is 23.4 Å². The molecule has 2 amide bonds. The van der Waals surface area contributed by atoms with Gasteiger partial charge in [0.1, 0.15) is 5.75 Å². The molecule has 0 saturated carbocycles. The molecular formula is C16H15ClN2O3S. The highest BCUT2D eigenvalue weighted by Gasteiger charge is 2.10. The maximum atomic E-state index is 11.9. The number of benzene rings is 2. The normalized spacial score (nSPS) is 10.0. The summed E-state index contributed by atoms with van der Waals surface area (Å²) in [4.78, 5) is 24.6. The number of carbonyl (C=O) groups is 2. The molecule has 0 aliphatic rings. The topological polar surface area (TPSA) is 67.4 Å². The third kappa shape index (κ3) is 5.19. The van der Waals surface area contributed by atoms with Crippen LogP contribution in [0.4, 0.5) is 0 Å². The Bertz CT molecular complexity index is 709. The van der Waals surface area contributed by atoms with Crippen LogP contribution in [-0.4, -0.2) is 24.7 Å². The summed E-state index contributed by atoms with van der Waals surface area (Å²) in [5.41, 5.74) is 5.00. The van der Waals surface area contributed by atoms with Crippen LogP contribution in [0.1, 0.15) is 10.4 Å². The van der Waals surface area contributed by atoms with E-state index in [9.17, 15) is 9.59 Å². The molecule has 0 atom stereocenters. The van der Waals surface area contributed by atoms with E-state index >= 15 is 0 Å². The van der Waals surface area contributed by atoms with Crippen molar-refractivity contribution in [3.63, 3.8) is 0 Å². The Kier molecular flexibility index (Phi) is 6.31. The highest BCUT2D eigenvalue weighted by atomic mass is 35.5. The molecule has 2 rings (SSSR count). The van der Waals surface area contributed by atoms with Crippen molar-refractivity contribution >= 4 is 35.2 Å². The standard InChI is InChI=1S/C16H15ClN2O3S/c1-22-11-5-4-6-12(9-11)23-10-15(20)18-19-16(21)13-7-2-3-8-14(13)17/h2-9H,10H2,1H3,(H,18,20)(H,19,21). The summed E-state index contributed by atoms with van der Waals surface area (Å²) in [6.45, 7) is 0. The molecule has 120 valence electrons. The lowest BCUT2D eigenvalue weighted by Crippen LogP contribution is -2.42. The number of thioether (sulfide) groups is 1. The summed E-state index contributed by atoms with van der Waals surface area (Å²) in [7, 11) is 1.58. The molecule has 0 aliphatic heterocycles. The number of rotatable bonds is 5. The fourth-order valence-corrected chi connectivity index (χ4v) is 2.68. The Hall–Kier alpha value is -2.18. The third-order valence-corrected chi connectivity index (χ3v) is 4.17. The summed E-state index contributed by atoms with van der Waals surface area (Å²) in [6, 6.07) is 14.0. The summed E-state index contributed by atoms with van der Waals surface area (Å²) in [5, 5.41) is 0.324. The lowest BCUT2D eigenvalue weighted by atomic mass is 10.2. The first-order chi connectivity index (χ1) is 11.1. The van der Waals surface area contributed by atoms with Gasteiger partial charge in [-0.2, -0.15) is 0 Å². The van der Waals surface area contributed by atoms with Crippen molar-refractivity contribution in [2.75, 3.05) is 12.9 Å². The maximum absolute atomic E-state index is 11.9. The van der Waals surface area contributed by atoms with E-state index in [0.717, 1.165) is 10.6 Å². The molecule has 2 aromatic carbocycles. The molecular weight excluding hydrogens is 336 g/mol. The van der Waals surface area contributed by atoms with Crippen LogP contribution in [0.3, 0.4) is 0 Å². The molecule has 0 unspecified atom stereocenters. The van der Waals surface area contributed by atoms with E-state index in [-0.39, 0.29) is 11.7 Å².